The first-order valence-electron chi connectivity index (χ1n) is 11.2. The average Bonchev–Trinajstić information content (AvgIpc) is 3.22. The zero-order valence-corrected chi connectivity index (χ0v) is 18.9. The van der Waals surface area contributed by atoms with E-state index in [0.717, 1.165) is 43.5 Å². The van der Waals surface area contributed by atoms with Gasteiger partial charge in [-0.05, 0) is 56.3 Å². The number of hydrogen-bond donors (Lipinski definition) is 3. The summed E-state index contributed by atoms with van der Waals surface area (Å²) in [5, 5.41) is 8.56. The van der Waals surface area contributed by atoms with Crippen LogP contribution in [0.25, 0.3) is 5.70 Å². The quantitative estimate of drug-likeness (QED) is 0.384. The van der Waals surface area contributed by atoms with Gasteiger partial charge in [-0.2, -0.15) is 4.98 Å². The number of pyridine rings is 1. The first-order chi connectivity index (χ1) is 15.0. The molecule has 1 aliphatic rings. The lowest BCUT2D eigenvalue weighted by molar-refractivity contribution is 0.153. The minimum absolute atomic E-state index is 0.278. The number of rotatable bonds is 10. The number of ether oxygens (including phenoxy) is 1. The lowest BCUT2D eigenvalue weighted by Crippen LogP contribution is -2.32. The van der Waals surface area contributed by atoms with Gasteiger partial charge >= 0.3 is 0 Å². The first-order valence-corrected chi connectivity index (χ1v) is 11.2. The van der Waals surface area contributed by atoms with Crippen LogP contribution in [0.1, 0.15) is 69.1 Å². The highest BCUT2D eigenvalue weighted by Gasteiger charge is 2.18. The fourth-order valence-corrected chi connectivity index (χ4v) is 3.66. The molecule has 2 aromatic rings. The Morgan fingerprint density at radius 3 is 2.71 bits per heavy atom. The second-order valence-electron chi connectivity index (χ2n) is 8.10. The summed E-state index contributed by atoms with van der Waals surface area (Å²) in [6.45, 7) is 4.40. The number of aryl methyl sites for hydroxylation is 2. The highest BCUT2D eigenvalue weighted by atomic mass is 16.5. The van der Waals surface area contributed by atoms with Crippen LogP contribution in [0.3, 0.4) is 0 Å². The molecule has 31 heavy (non-hydrogen) atoms. The Morgan fingerprint density at radius 1 is 1.26 bits per heavy atom. The summed E-state index contributed by atoms with van der Waals surface area (Å²) < 4.78 is 11.4. The van der Waals surface area contributed by atoms with Crippen molar-refractivity contribution in [3.8, 4) is 5.75 Å². The van der Waals surface area contributed by atoms with Crippen LogP contribution in [0.4, 0.5) is 5.95 Å². The average molecular weight is 430 g/mol. The van der Waals surface area contributed by atoms with Gasteiger partial charge in [0.1, 0.15) is 5.75 Å². The van der Waals surface area contributed by atoms with Crippen molar-refractivity contribution in [2.45, 2.75) is 71.3 Å². The third-order valence-electron chi connectivity index (χ3n) is 5.52. The highest BCUT2D eigenvalue weighted by molar-refractivity contribution is 5.64. The number of nitrogens with zero attached hydrogens (tertiary/aromatic N) is 4. The number of hydrogen-bond acceptors (Lipinski definition) is 9. The molecule has 0 aromatic carbocycles. The van der Waals surface area contributed by atoms with Crippen LogP contribution in [-0.4, -0.2) is 39.8 Å². The summed E-state index contributed by atoms with van der Waals surface area (Å²) >= 11 is 0. The van der Waals surface area contributed by atoms with E-state index >= 15 is 0 Å². The number of unbranched alkanes of at least 4 members (excludes halogenated alkanes) is 1. The lowest BCUT2D eigenvalue weighted by atomic mass is 9.98. The zero-order valence-electron chi connectivity index (χ0n) is 18.9. The molecule has 5 N–H and O–H groups in total. The van der Waals surface area contributed by atoms with Crippen molar-refractivity contribution in [3.63, 3.8) is 0 Å². The third kappa shape index (κ3) is 6.33. The number of nitrogens with two attached hydrogens (primary N) is 2. The summed E-state index contributed by atoms with van der Waals surface area (Å²) in [6.07, 6.45) is 9.09. The van der Waals surface area contributed by atoms with Crippen LogP contribution in [0.2, 0.25) is 0 Å². The van der Waals surface area contributed by atoms with Crippen molar-refractivity contribution in [2.75, 3.05) is 18.9 Å². The van der Waals surface area contributed by atoms with Crippen molar-refractivity contribution < 1.29 is 9.26 Å². The van der Waals surface area contributed by atoms with E-state index in [-0.39, 0.29) is 6.10 Å². The van der Waals surface area contributed by atoms with Gasteiger partial charge < -0.3 is 25.3 Å². The van der Waals surface area contributed by atoms with Crippen molar-refractivity contribution in [3.05, 3.63) is 35.1 Å². The maximum Gasteiger partial charge on any atom is 0.263 e. The zero-order chi connectivity index (χ0) is 22.2. The first kappa shape index (κ1) is 22.9. The number of anilines is 1. The molecule has 0 radical (unpaired) electrons. The van der Waals surface area contributed by atoms with Crippen LogP contribution in [0.15, 0.2) is 22.4 Å². The summed E-state index contributed by atoms with van der Waals surface area (Å²) in [5.74, 6) is 7.89. The molecular weight excluding hydrogens is 394 g/mol. The van der Waals surface area contributed by atoms with Gasteiger partial charge in [0.25, 0.3) is 5.95 Å². The molecular formula is C22H35N7O2. The van der Waals surface area contributed by atoms with E-state index in [9.17, 15) is 0 Å². The molecule has 170 valence electrons. The van der Waals surface area contributed by atoms with E-state index < -0.39 is 0 Å². The molecule has 1 fully saturated rings. The topological polar surface area (TPSA) is 128 Å². The summed E-state index contributed by atoms with van der Waals surface area (Å²) in [7, 11) is 1.74. The van der Waals surface area contributed by atoms with E-state index in [4.69, 9.17) is 20.8 Å². The Kier molecular flexibility index (Phi) is 8.11. The van der Waals surface area contributed by atoms with E-state index in [1.165, 1.54) is 24.3 Å². The molecule has 1 aliphatic carbocycles. The van der Waals surface area contributed by atoms with Crippen molar-refractivity contribution in [2.24, 2.45) is 11.6 Å². The smallest absolute Gasteiger partial charge is 0.263 e. The van der Waals surface area contributed by atoms with Gasteiger partial charge in [-0.1, -0.05) is 19.8 Å². The van der Waals surface area contributed by atoms with E-state index in [1.54, 1.807) is 7.05 Å². The molecule has 0 atom stereocenters. The molecule has 9 nitrogen and oxygen atoms in total. The predicted octanol–water partition coefficient (Wildman–Crippen LogP) is 3.37. The molecule has 0 aliphatic heterocycles. The van der Waals surface area contributed by atoms with Crippen LogP contribution in [0, 0.1) is 6.92 Å². The standard InChI is InChI=1S/C22H35N7O2/c1-4-5-11-20-27-22(28-31-20)25-14-18(29(3)24)21(23)17-12-13-19(15(2)26-17)30-16-9-7-6-8-10-16/h12-13,16H,4-11,14,23-24H2,1-3H3,(H,25,28)/b21-18-. The molecule has 3 rings (SSSR count). The maximum atomic E-state index is 6.43. The fraction of sp³-hybridized carbons (Fsp3) is 0.591. The molecule has 0 unspecified atom stereocenters. The van der Waals surface area contributed by atoms with Crippen molar-refractivity contribution in [1.82, 2.24) is 20.1 Å². The van der Waals surface area contributed by atoms with Gasteiger partial charge in [-0.25, -0.2) is 10.8 Å². The summed E-state index contributed by atoms with van der Waals surface area (Å²) in [6, 6.07) is 3.82. The molecule has 0 bridgehead atoms. The van der Waals surface area contributed by atoms with Gasteiger partial charge in [0.15, 0.2) is 0 Å². The van der Waals surface area contributed by atoms with Crippen LogP contribution in [-0.2, 0) is 6.42 Å². The van der Waals surface area contributed by atoms with E-state index in [1.807, 2.05) is 19.1 Å². The van der Waals surface area contributed by atoms with Gasteiger partial charge in [0.2, 0.25) is 5.89 Å². The summed E-state index contributed by atoms with van der Waals surface area (Å²) in [5.41, 5.74) is 9.06. The molecule has 0 amide bonds. The fourth-order valence-electron chi connectivity index (χ4n) is 3.66. The Bertz CT molecular complexity index is 872. The molecule has 2 aromatic heterocycles. The van der Waals surface area contributed by atoms with Gasteiger partial charge in [0, 0.05) is 13.5 Å². The Balaban J connectivity index is 1.69. The van der Waals surface area contributed by atoms with Crippen molar-refractivity contribution in [1.29, 1.82) is 0 Å². The van der Waals surface area contributed by atoms with Gasteiger partial charge in [-0.3, -0.25) is 0 Å². The molecule has 1 saturated carbocycles. The molecule has 2 heterocycles. The predicted molar refractivity (Wildman–Crippen MR) is 121 cm³/mol. The molecule has 9 heteroatoms. The third-order valence-corrected chi connectivity index (χ3v) is 5.52. The Hall–Kier alpha value is -2.81. The minimum atomic E-state index is 0.278. The second-order valence-corrected chi connectivity index (χ2v) is 8.10. The van der Waals surface area contributed by atoms with E-state index in [2.05, 4.69) is 27.4 Å². The maximum absolute atomic E-state index is 6.43. The lowest BCUT2D eigenvalue weighted by Gasteiger charge is -2.24. The summed E-state index contributed by atoms with van der Waals surface area (Å²) in [4.78, 5) is 9.02. The monoisotopic (exact) mass is 429 g/mol. The Morgan fingerprint density at radius 2 is 2.03 bits per heavy atom. The number of aromatic nitrogens is 3. The van der Waals surface area contributed by atoms with E-state index in [0.29, 0.717) is 35.5 Å². The largest absolute Gasteiger partial charge is 0.489 e. The number of hydrazine groups is 1. The van der Waals surface area contributed by atoms with Crippen LogP contribution < -0.4 is 21.6 Å². The minimum Gasteiger partial charge on any atom is -0.489 e. The normalized spacial score (nSPS) is 15.5. The Labute approximate surface area is 184 Å². The molecule has 0 spiro atoms. The second kappa shape index (κ2) is 11.0. The van der Waals surface area contributed by atoms with Crippen LogP contribution in [0.5, 0.6) is 5.75 Å². The molecule has 0 saturated heterocycles. The number of likely N-dealkylation sites (N-methyl/N-ethyl adjacent to an activating group) is 1. The van der Waals surface area contributed by atoms with Crippen LogP contribution >= 0.6 is 0 Å². The van der Waals surface area contributed by atoms with Crippen molar-refractivity contribution >= 4 is 11.6 Å². The van der Waals surface area contributed by atoms with Gasteiger partial charge in [0.05, 0.1) is 35.4 Å². The highest BCUT2D eigenvalue weighted by Crippen LogP contribution is 2.26. The number of nitrogens with one attached hydrogen (secondary N) is 1. The van der Waals surface area contributed by atoms with Gasteiger partial charge in [-0.15, -0.1) is 0 Å². The SMILES string of the molecule is CCCCc1nc(NC/C(=C(/N)c2ccc(OC3CCCCC3)c(C)n2)N(C)N)no1.